The van der Waals surface area contributed by atoms with Crippen molar-refractivity contribution >= 4 is 5.91 Å². The molecule has 4 nitrogen and oxygen atoms in total. The Bertz CT molecular complexity index is 437. The molecule has 0 bridgehead atoms. The van der Waals surface area contributed by atoms with E-state index in [0.717, 1.165) is 25.3 Å². The normalized spacial score (nSPS) is 23.6. The van der Waals surface area contributed by atoms with Crippen molar-refractivity contribution < 1.29 is 13.9 Å². The molecule has 2 atom stereocenters. The quantitative estimate of drug-likeness (QED) is 0.830. The Morgan fingerprint density at radius 1 is 1.41 bits per heavy atom. The van der Waals surface area contributed by atoms with Crippen molar-refractivity contribution in [2.24, 2.45) is 11.5 Å². The van der Waals surface area contributed by atoms with Gasteiger partial charge in [-0.1, -0.05) is 0 Å². The minimum atomic E-state index is -0.654. The molecular weight excluding hydrogens is 223 g/mol. The van der Waals surface area contributed by atoms with E-state index in [9.17, 15) is 9.18 Å². The van der Waals surface area contributed by atoms with Crippen LogP contribution in [0.4, 0.5) is 4.39 Å². The van der Waals surface area contributed by atoms with Crippen molar-refractivity contribution in [2.45, 2.75) is 31.4 Å². The van der Waals surface area contributed by atoms with E-state index >= 15 is 0 Å². The predicted octanol–water partition coefficient (Wildman–Crippen LogP) is 1.18. The van der Waals surface area contributed by atoms with Gasteiger partial charge in [-0.25, -0.2) is 4.39 Å². The van der Waals surface area contributed by atoms with Gasteiger partial charge in [-0.3, -0.25) is 4.79 Å². The van der Waals surface area contributed by atoms with Gasteiger partial charge in [0, 0.05) is 11.6 Å². The lowest BCUT2D eigenvalue weighted by atomic mass is 10.2. The standard InChI is InChI=1S/C12H15FN2O2/c13-10-5-7(12(15)16)1-4-11(10)17-9-3-2-8(14)6-9/h1,4-5,8-9H,2-3,6,14H2,(H2,15,16). The number of amides is 1. The van der Waals surface area contributed by atoms with Gasteiger partial charge in [0.15, 0.2) is 11.6 Å². The maximum Gasteiger partial charge on any atom is 0.248 e. The highest BCUT2D eigenvalue weighted by Crippen LogP contribution is 2.26. The van der Waals surface area contributed by atoms with Crippen molar-refractivity contribution in [3.05, 3.63) is 29.6 Å². The highest BCUT2D eigenvalue weighted by molar-refractivity contribution is 5.92. The molecule has 0 radical (unpaired) electrons. The number of rotatable bonds is 3. The predicted molar refractivity (Wildman–Crippen MR) is 61.2 cm³/mol. The molecule has 0 aromatic heterocycles. The Balaban J connectivity index is 2.09. The van der Waals surface area contributed by atoms with E-state index in [1.807, 2.05) is 0 Å². The van der Waals surface area contributed by atoms with Crippen LogP contribution in [0.15, 0.2) is 18.2 Å². The van der Waals surface area contributed by atoms with Crippen LogP contribution in [0.1, 0.15) is 29.6 Å². The summed E-state index contributed by atoms with van der Waals surface area (Å²) in [6.07, 6.45) is 2.42. The lowest BCUT2D eigenvalue weighted by Gasteiger charge is -2.14. The van der Waals surface area contributed by atoms with E-state index in [0.29, 0.717) is 0 Å². The third kappa shape index (κ3) is 2.74. The van der Waals surface area contributed by atoms with Gasteiger partial charge in [0.05, 0.1) is 0 Å². The van der Waals surface area contributed by atoms with E-state index in [-0.39, 0.29) is 23.5 Å². The molecule has 1 aromatic carbocycles. The van der Waals surface area contributed by atoms with Gasteiger partial charge in [-0.2, -0.15) is 0 Å². The van der Waals surface area contributed by atoms with Crippen LogP contribution in [0.5, 0.6) is 5.75 Å². The van der Waals surface area contributed by atoms with Crippen molar-refractivity contribution in [1.82, 2.24) is 0 Å². The fraction of sp³-hybridized carbons (Fsp3) is 0.417. The maximum atomic E-state index is 13.6. The molecule has 4 N–H and O–H groups in total. The lowest BCUT2D eigenvalue weighted by molar-refractivity contribution is 0.0999. The highest BCUT2D eigenvalue weighted by atomic mass is 19.1. The van der Waals surface area contributed by atoms with Crippen LogP contribution in [0.2, 0.25) is 0 Å². The largest absolute Gasteiger partial charge is 0.487 e. The number of carbonyl (C=O) groups excluding carboxylic acids is 1. The molecule has 2 unspecified atom stereocenters. The molecule has 0 saturated heterocycles. The Hall–Kier alpha value is -1.62. The fourth-order valence-electron chi connectivity index (χ4n) is 2.01. The zero-order chi connectivity index (χ0) is 12.4. The third-order valence-corrected chi connectivity index (χ3v) is 2.94. The van der Waals surface area contributed by atoms with Gasteiger partial charge >= 0.3 is 0 Å². The molecule has 5 heteroatoms. The van der Waals surface area contributed by atoms with Crippen molar-refractivity contribution in [3.8, 4) is 5.75 Å². The monoisotopic (exact) mass is 238 g/mol. The molecule has 1 aromatic rings. The molecule has 0 aliphatic heterocycles. The minimum Gasteiger partial charge on any atom is -0.487 e. The summed E-state index contributed by atoms with van der Waals surface area (Å²) in [6.45, 7) is 0. The summed E-state index contributed by atoms with van der Waals surface area (Å²) >= 11 is 0. The number of carbonyl (C=O) groups is 1. The van der Waals surface area contributed by atoms with Crippen LogP contribution >= 0.6 is 0 Å². The zero-order valence-electron chi connectivity index (χ0n) is 9.36. The Labute approximate surface area is 98.7 Å². The van der Waals surface area contributed by atoms with Crippen LogP contribution in [0, 0.1) is 5.82 Å². The number of hydrogen-bond donors (Lipinski definition) is 2. The number of ether oxygens (including phenoxy) is 1. The summed E-state index contributed by atoms with van der Waals surface area (Å²) in [7, 11) is 0. The van der Waals surface area contributed by atoms with Gasteiger partial charge in [0.1, 0.15) is 6.10 Å². The van der Waals surface area contributed by atoms with Crippen LogP contribution < -0.4 is 16.2 Å². The summed E-state index contributed by atoms with van der Waals surface area (Å²) in [5.74, 6) is -1.07. The van der Waals surface area contributed by atoms with Crippen LogP contribution in [0.25, 0.3) is 0 Å². The van der Waals surface area contributed by atoms with E-state index < -0.39 is 11.7 Å². The first-order chi connectivity index (χ1) is 8.06. The SMILES string of the molecule is NC(=O)c1ccc(OC2CCC(N)C2)c(F)c1. The van der Waals surface area contributed by atoms with E-state index in [2.05, 4.69) is 0 Å². The van der Waals surface area contributed by atoms with Gasteiger partial charge < -0.3 is 16.2 Å². The molecule has 1 aliphatic carbocycles. The van der Waals surface area contributed by atoms with E-state index in [1.165, 1.54) is 12.1 Å². The number of primary amides is 1. The first-order valence-electron chi connectivity index (χ1n) is 5.58. The number of hydrogen-bond acceptors (Lipinski definition) is 3. The molecule has 1 saturated carbocycles. The van der Waals surface area contributed by atoms with Crippen molar-refractivity contribution in [1.29, 1.82) is 0 Å². The summed E-state index contributed by atoms with van der Waals surface area (Å²) in [5.41, 5.74) is 10.9. The average molecular weight is 238 g/mol. The Morgan fingerprint density at radius 2 is 2.18 bits per heavy atom. The van der Waals surface area contributed by atoms with Crippen molar-refractivity contribution in [2.75, 3.05) is 0 Å². The lowest BCUT2D eigenvalue weighted by Crippen LogP contribution is -2.19. The number of nitrogens with two attached hydrogens (primary N) is 2. The first-order valence-corrected chi connectivity index (χ1v) is 5.58. The van der Waals surface area contributed by atoms with Gasteiger partial charge in [-0.05, 0) is 37.5 Å². The van der Waals surface area contributed by atoms with E-state index in [1.54, 1.807) is 0 Å². The molecule has 0 heterocycles. The second-order valence-electron chi connectivity index (χ2n) is 4.32. The topological polar surface area (TPSA) is 78.3 Å². The summed E-state index contributed by atoms with van der Waals surface area (Å²) in [6, 6.07) is 4.11. The zero-order valence-corrected chi connectivity index (χ0v) is 9.36. The number of halogens is 1. The Kier molecular flexibility index (Phi) is 3.28. The summed E-state index contributed by atoms with van der Waals surface area (Å²) in [5, 5.41) is 0. The fourth-order valence-corrected chi connectivity index (χ4v) is 2.01. The third-order valence-electron chi connectivity index (χ3n) is 2.94. The molecule has 17 heavy (non-hydrogen) atoms. The summed E-state index contributed by atoms with van der Waals surface area (Å²) in [4.78, 5) is 10.9. The van der Waals surface area contributed by atoms with Gasteiger partial charge in [0.25, 0.3) is 0 Å². The molecule has 2 rings (SSSR count). The van der Waals surface area contributed by atoms with Crippen molar-refractivity contribution in [3.63, 3.8) is 0 Å². The van der Waals surface area contributed by atoms with Gasteiger partial charge in [0.2, 0.25) is 5.91 Å². The molecule has 1 aliphatic rings. The molecule has 0 spiro atoms. The highest BCUT2D eigenvalue weighted by Gasteiger charge is 2.24. The average Bonchev–Trinajstić information content (AvgIpc) is 2.67. The van der Waals surface area contributed by atoms with Crippen LogP contribution in [0.3, 0.4) is 0 Å². The van der Waals surface area contributed by atoms with Crippen LogP contribution in [-0.2, 0) is 0 Å². The Morgan fingerprint density at radius 3 is 2.71 bits per heavy atom. The maximum absolute atomic E-state index is 13.6. The molecule has 1 fully saturated rings. The van der Waals surface area contributed by atoms with E-state index in [4.69, 9.17) is 16.2 Å². The smallest absolute Gasteiger partial charge is 0.248 e. The van der Waals surface area contributed by atoms with Gasteiger partial charge in [-0.15, -0.1) is 0 Å². The second kappa shape index (κ2) is 4.71. The summed E-state index contributed by atoms with van der Waals surface area (Å²) < 4.78 is 19.1. The minimum absolute atomic E-state index is 0.0427. The number of benzene rings is 1. The molecule has 92 valence electrons. The first kappa shape index (κ1) is 11.9. The molecular formula is C12H15FN2O2. The van der Waals surface area contributed by atoms with Crippen LogP contribution in [-0.4, -0.2) is 18.1 Å². The molecule has 1 amide bonds. The second-order valence-corrected chi connectivity index (χ2v) is 4.32.